The van der Waals surface area contributed by atoms with Crippen LogP contribution >= 0.6 is 11.3 Å². The van der Waals surface area contributed by atoms with Crippen LogP contribution in [0.25, 0.3) is 6.08 Å². The van der Waals surface area contributed by atoms with E-state index in [-0.39, 0.29) is 11.8 Å². The molecule has 0 bridgehead atoms. The van der Waals surface area contributed by atoms with Gasteiger partial charge in [-0.15, -0.1) is 10.2 Å². The fourth-order valence-electron chi connectivity index (χ4n) is 1.87. The van der Waals surface area contributed by atoms with E-state index < -0.39 is 6.04 Å². The molecular formula is C17H20N4O3S. The number of hydrogen-bond donors (Lipinski definition) is 2. The van der Waals surface area contributed by atoms with E-state index in [1.807, 2.05) is 19.1 Å². The van der Waals surface area contributed by atoms with E-state index in [0.717, 1.165) is 22.7 Å². The van der Waals surface area contributed by atoms with E-state index in [1.54, 1.807) is 32.2 Å². The zero-order chi connectivity index (χ0) is 18.2. The highest BCUT2D eigenvalue weighted by Crippen LogP contribution is 2.15. The number of benzene rings is 1. The lowest BCUT2D eigenvalue weighted by molar-refractivity contribution is -0.123. The Bertz CT molecular complexity index is 756. The summed E-state index contributed by atoms with van der Waals surface area (Å²) >= 11 is 1.32. The fraction of sp³-hybridized carbons (Fsp3) is 0.294. The lowest BCUT2D eigenvalue weighted by Crippen LogP contribution is -2.40. The van der Waals surface area contributed by atoms with Gasteiger partial charge >= 0.3 is 0 Å². The molecule has 2 amide bonds. The van der Waals surface area contributed by atoms with E-state index in [0.29, 0.717) is 5.13 Å². The zero-order valence-electron chi connectivity index (χ0n) is 14.3. The van der Waals surface area contributed by atoms with Crippen molar-refractivity contribution in [2.75, 3.05) is 12.4 Å². The molecule has 132 valence electrons. The second-order valence-electron chi connectivity index (χ2n) is 5.18. The van der Waals surface area contributed by atoms with E-state index in [4.69, 9.17) is 4.74 Å². The van der Waals surface area contributed by atoms with Crippen LogP contribution in [0, 0.1) is 0 Å². The SMILES string of the molecule is CCc1nnc(NC(=O)C(C)NC(=O)C=Cc2ccc(OC)cc2)s1. The number of anilines is 1. The van der Waals surface area contributed by atoms with Crippen molar-refractivity contribution in [1.82, 2.24) is 15.5 Å². The number of aryl methyl sites for hydroxylation is 1. The van der Waals surface area contributed by atoms with Crippen LogP contribution in [0.1, 0.15) is 24.4 Å². The second-order valence-corrected chi connectivity index (χ2v) is 6.24. The van der Waals surface area contributed by atoms with Gasteiger partial charge in [0.05, 0.1) is 7.11 Å². The van der Waals surface area contributed by atoms with Gasteiger partial charge in [-0.25, -0.2) is 0 Å². The third-order valence-electron chi connectivity index (χ3n) is 3.29. The van der Waals surface area contributed by atoms with Crippen molar-refractivity contribution in [2.24, 2.45) is 0 Å². The van der Waals surface area contributed by atoms with Gasteiger partial charge in [0.25, 0.3) is 0 Å². The highest BCUT2D eigenvalue weighted by atomic mass is 32.1. The van der Waals surface area contributed by atoms with Gasteiger partial charge in [0, 0.05) is 6.08 Å². The van der Waals surface area contributed by atoms with Gasteiger partial charge in [-0.3, -0.25) is 14.9 Å². The standard InChI is InChI=1S/C17H20N4O3S/c1-4-15-20-21-17(25-15)19-16(23)11(2)18-14(22)10-7-12-5-8-13(24-3)9-6-12/h5-11H,4H2,1-3H3,(H,18,22)(H,19,21,23). The Morgan fingerprint density at radius 3 is 2.60 bits per heavy atom. The highest BCUT2D eigenvalue weighted by molar-refractivity contribution is 7.15. The third kappa shape index (κ3) is 5.68. The second kappa shape index (κ2) is 8.93. The summed E-state index contributed by atoms with van der Waals surface area (Å²) in [5.74, 6) is 0.0461. The summed E-state index contributed by atoms with van der Waals surface area (Å²) in [5, 5.41) is 14.3. The van der Waals surface area contributed by atoms with Crippen LogP contribution in [-0.4, -0.2) is 35.2 Å². The Balaban J connectivity index is 1.85. The molecule has 0 spiro atoms. The van der Waals surface area contributed by atoms with Gasteiger partial charge in [-0.2, -0.15) is 0 Å². The van der Waals surface area contributed by atoms with E-state index >= 15 is 0 Å². The molecule has 0 saturated carbocycles. The number of carbonyl (C=O) groups excluding carboxylic acids is 2. The molecule has 0 aliphatic rings. The molecule has 0 fully saturated rings. The van der Waals surface area contributed by atoms with E-state index in [1.165, 1.54) is 17.4 Å². The predicted octanol–water partition coefficient (Wildman–Crippen LogP) is 2.27. The predicted molar refractivity (Wildman–Crippen MR) is 97.5 cm³/mol. The van der Waals surface area contributed by atoms with Crippen LogP contribution in [0.3, 0.4) is 0 Å². The minimum atomic E-state index is -0.693. The van der Waals surface area contributed by atoms with Gasteiger partial charge < -0.3 is 10.1 Å². The molecule has 2 rings (SSSR count). The molecule has 1 atom stereocenters. The molecule has 0 radical (unpaired) electrons. The van der Waals surface area contributed by atoms with Crippen molar-refractivity contribution in [3.8, 4) is 5.75 Å². The molecule has 1 heterocycles. The Morgan fingerprint density at radius 2 is 2.00 bits per heavy atom. The molecule has 0 aliphatic carbocycles. The van der Waals surface area contributed by atoms with Crippen LogP contribution in [0.15, 0.2) is 30.3 Å². The van der Waals surface area contributed by atoms with Crippen molar-refractivity contribution < 1.29 is 14.3 Å². The molecule has 25 heavy (non-hydrogen) atoms. The van der Waals surface area contributed by atoms with E-state index in [9.17, 15) is 9.59 Å². The average Bonchev–Trinajstić information content (AvgIpc) is 3.07. The van der Waals surface area contributed by atoms with Crippen LogP contribution in [0.4, 0.5) is 5.13 Å². The summed E-state index contributed by atoms with van der Waals surface area (Å²) in [7, 11) is 1.59. The van der Waals surface area contributed by atoms with Gasteiger partial charge in [-0.05, 0) is 37.1 Å². The summed E-state index contributed by atoms with van der Waals surface area (Å²) in [5.41, 5.74) is 0.856. The van der Waals surface area contributed by atoms with Crippen LogP contribution in [0.5, 0.6) is 5.75 Å². The van der Waals surface area contributed by atoms with Gasteiger partial charge in [0.15, 0.2) is 0 Å². The summed E-state index contributed by atoms with van der Waals surface area (Å²) in [4.78, 5) is 24.0. The maximum absolute atomic E-state index is 12.1. The Hall–Kier alpha value is -2.74. The van der Waals surface area contributed by atoms with Crippen molar-refractivity contribution >= 4 is 34.4 Å². The first-order chi connectivity index (χ1) is 12.0. The van der Waals surface area contributed by atoms with E-state index in [2.05, 4.69) is 20.8 Å². The lowest BCUT2D eigenvalue weighted by atomic mass is 10.2. The Morgan fingerprint density at radius 1 is 1.28 bits per heavy atom. The molecule has 7 nitrogen and oxygen atoms in total. The number of aromatic nitrogens is 2. The molecular weight excluding hydrogens is 340 g/mol. The average molecular weight is 360 g/mol. The molecule has 1 aromatic heterocycles. The molecule has 8 heteroatoms. The minimum Gasteiger partial charge on any atom is -0.497 e. The zero-order valence-corrected chi connectivity index (χ0v) is 15.1. The Kier molecular flexibility index (Phi) is 6.64. The van der Waals surface area contributed by atoms with Gasteiger partial charge in [0.1, 0.15) is 16.8 Å². The number of hydrogen-bond acceptors (Lipinski definition) is 6. The van der Waals surface area contributed by atoms with Gasteiger partial charge in [-0.1, -0.05) is 30.4 Å². The first kappa shape index (κ1) is 18.6. The third-order valence-corrected chi connectivity index (χ3v) is 4.28. The number of nitrogens with zero attached hydrogens (tertiary/aromatic N) is 2. The smallest absolute Gasteiger partial charge is 0.248 e. The van der Waals surface area contributed by atoms with Crippen LogP contribution in [-0.2, 0) is 16.0 Å². The molecule has 2 N–H and O–H groups in total. The number of nitrogens with one attached hydrogen (secondary N) is 2. The normalized spacial score (nSPS) is 12.0. The lowest BCUT2D eigenvalue weighted by Gasteiger charge is -2.11. The largest absolute Gasteiger partial charge is 0.497 e. The van der Waals surface area contributed by atoms with Crippen molar-refractivity contribution in [1.29, 1.82) is 0 Å². The van der Waals surface area contributed by atoms with Crippen molar-refractivity contribution in [3.05, 3.63) is 40.9 Å². The number of ether oxygens (including phenoxy) is 1. The topological polar surface area (TPSA) is 93.2 Å². The number of carbonyl (C=O) groups is 2. The Labute approximate surface area is 150 Å². The van der Waals surface area contributed by atoms with Crippen molar-refractivity contribution in [3.63, 3.8) is 0 Å². The maximum Gasteiger partial charge on any atom is 0.248 e. The first-order valence-corrected chi connectivity index (χ1v) is 8.59. The number of amides is 2. The molecule has 1 unspecified atom stereocenters. The maximum atomic E-state index is 12.1. The summed E-state index contributed by atoms with van der Waals surface area (Å²) in [6.07, 6.45) is 3.80. The summed E-state index contributed by atoms with van der Waals surface area (Å²) in [6, 6.07) is 6.58. The minimum absolute atomic E-state index is 0.343. The molecule has 2 aromatic rings. The number of methoxy groups -OCH3 is 1. The fourth-order valence-corrected chi connectivity index (χ4v) is 2.56. The van der Waals surface area contributed by atoms with Crippen molar-refractivity contribution in [2.45, 2.75) is 26.3 Å². The van der Waals surface area contributed by atoms with Crippen LogP contribution < -0.4 is 15.4 Å². The number of rotatable bonds is 7. The summed E-state index contributed by atoms with van der Waals surface area (Å²) in [6.45, 7) is 3.57. The monoisotopic (exact) mass is 360 g/mol. The van der Waals surface area contributed by atoms with Gasteiger partial charge in [0.2, 0.25) is 16.9 Å². The quantitative estimate of drug-likeness (QED) is 0.739. The molecule has 1 aromatic carbocycles. The van der Waals surface area contributed by atoms with Crippen LogP contribution in [0.2, 0.25) is 0 Å². The molecule has 0 aliphatic heterocycles. The summed E-state index contributed by atoms with van der Waals surface area (Å²) < 4.78 is 5.07. The first-order valence-electron chi connectivity index (χ1n) is 7.77. The molecule has 0 saturated heterocycles. The highest BCUT2D eigenvalue weighted by Gasteiger charge is 2.16.